The van der Waals surface area contributed by atoms with Crippen molar-refractivity contribution in [1.82, 2.24) is 4.90 Å². The number of hydrogen-bond donors (Lipinski definition) is 1. The van der Waals surface area contributed by atoms with Gasteiger partial charge in [0.05, 0.1) is 31.6 Å². The van der Waals surface area contributed by atoms with Gasteiger partial charge in [0.25, 0.3) is 0 Å². The zero-order chi connectivity index (χ0) is 23.2. The van der Waals surface area contributed by atoms with Crippen LogP contribution in [-0.4, -0.2) is 38.7 Å². The van der Waals surface area contributed by atoms with Crippen LogP contribution in [0.25, 0.3) is 0 Å². The molecule has 33 heavy (non-hydrogen) atoms. The van der Waals surface area contributed by atoms with Crippen LogP contribution in [0.4, 0.5) is 16.2 Å². The Labute approximate surface area is 195 Å². The second-order valence-electron chi connectivity index (χ2n) is 8.25. The topological polar surface area (TPSA) is 54.0 Å². The number of amides is 2. The number of hydrogen-bond acceptors (Lipinski definition) is 4. The van der Waals surface area contributed by atoms with Gasteiger partial charge in [0.15, 0.2) is 0 Å². The van der Waals surface area contributed by atoms with Gasteiger partial charge in [0.2, 0.25) is 0 Å². The molecular weight excluding hydrogens is 414 g/mol. The van der Waals surface area contributed by atoms with Gasteiger partial charge in [-0.15, -0.1) is 0 Å². The molecule has 1 heterocycles. The SMILES string of the molecule is COc1ccc(C2CCCN2C(=O)Nc2ccccc2N(C)Cc2ccccc2)c(OC)c1. The molecule has 1 unspecified atom stereocenters. The number of rotatable bonds is 7. The van der Waals surface area contributed by atoms with Crippen molar-refractivity contribution in [2.24, 2.45) is 0 Å². The molecule has 1 fully saturated rings. The highest BCUT2D eigenvalue weighted by Gasteiger charge is 2.32. The fraction of sp³-hybridized carbons (Fsp3) is 0.296. The number of urea groups is 1. The molecule has 1 aliphatic heterocycles. The van der Waals surface area contributed by atoms with E-state index in [2.05, 4.69) is 22.3 Å². The third-order valence-corrected chi connectivity index (χ3v) is 6.13. The van der Waals surface area contributed by atoms with E-state index in [9.17, 15) is 4.79 Å². The van der Waals surface area contributed by atoms with E-state index in [1.54, 1.807) is 14.2 Å². The first-order chi connectivity index (χ1) is 16.1. The first-order valence-electron chi connectivity index (χ1n) is 11.2. The predicted molar refractivity (Wildman–Crippen MR) is 132 cm³/mol. The summed E-state index contributed by atoms with van der Waals surface area (Å²) < 4.78 is 10.9. The average Bonchev–Trinajstić information content (AvgIpc) is 3.34. The summed E-state index contributed by atoms with van der Waals surface area (Å²) in [6.45, 7) is 1.46. The highest BCUT2D eigenvalue weighted by molar-refractivity contribution is 5.93. The molecule has 0 aromatic heterocycles. The molecule has 1 atom stereocenters. The number of likely N-dealkylation sites (tertiary alicyclic amines) is 1. The molecule has 1 N–H and O–H groups in total. The maximum absolute atomic E-state index is 13.4. The quantitative estimate of drug-likeness (QED) is 0.506. The number of nitrogens with zero attached hydrogens (tertiary/aromatic N) is 2. The number of carbonyl (C=O) groups excluding carboxylic acids is 1. The van der Waals surface area contributed by atoms with Gasteiger partial charge in [-0.1, -0.05) is 42.5 Å². The molecule has 3 aromatic rings. The van der Waals surface area contributed by atoms with Crippen molar-refractivity contribution in [3.05, 3.63) is 83.9 Å². The minimum absolute atomic E-state index is 0.0416. The lowest BCUT2D eigenvalue weighted by Crippen LogP contribution is -2.35. The second kappa shape index (κ2) is 10.3. The maximum atomic E-state index is 13.4. The Morgan fingerprint density at radius 3 is 2.55 bits per heavy atom. The number of ether oxygens (including phenoxy) is 2. The van der Waals surface area contributed by atoms with Crippen molar-refractivity contribution in [2.45, 2.75) is 25.4 Å². The van der Waals surface area contributed by atoms with Crippen molar-refractivity contribution in [1.29, 1.82) is 0 Å². The largest absolute Gasteiger partial charge is 0.497 e. The molecule has 1 saturated heterocycles. The van der Waals surface area contributed by atoms with E-state index in [1.165, 1.54) is 5.56 Å². The number of carbonyl (C=O) groups is 1. The van der Waals surface area contributed by atoms with Crippen molar-refractivity contribution in [3.8, 4) is 11.5 Å². The van der Waals surface area contributed by atoms with Gasteiger partial charge in [-0.05, 0) is 42.7 Å². The molecular formula is C27H31N3O3. The third kappa shape index (κ3) is 5.06. The highest BCUT2D eigenvalue weighted by atomic mass is 16.5. The zero-order valence-electron chi connectivity index (χ0n) is 19.5. The van der Waals surface area contributed by atoms with Crippen LogP contribution in [0.3, 0.4) is 0 Å². The Kier molecular flexibility index (Phi) is 7.03. The van der Waals surface area contributed by atoms with Crippen molar-refractivity contribution in [2.75, 3.05) is 38.0 Å². The van der Waals surface area contributed by atoms with Gasteiger partial charge in [-0.2, -0.15) is 0 Å². The van der Waals surface area contributed by atoms with Crippen molar-refractivity contribution < 1.29 is 14.3 Å². The fourth-order valence-corrected chi connectivity index (χ4v) is 4.47. The Balaban J connectivity index is 1.53. The standard InChI is InChI=1S/C27H31N3O3/c1-29(19-20-10-5-4-6-11-20)25-13-8-7-12-23(25)28-27(31)30-17-9-14-24(30)22-16-15-21(32-2)18-26(22)33-3/h4-8,10-13,15-16,18,24H,9,14,17,19H2,1-3H3,(H,28,31). The smallest absolute Gasteiger partial charge is 0.322 e. The molecule has 3 aromatic carbocycles. The Morgan fingerprint density at radius 2 is 1.79 bits per heavy atom. The van der Waals surface area contributed by atoms with E-state index >= 15 is 0 Å². The first kappa shape index (κ1) is 22.5. The predicted octanol–water partition coefficient (Wildman–Crippen LogP) is 5.71. The summed E-state index contributed by atoms with van der Waals surface area (Å²) in [7, 11) is 5.32. The van der Waals surface area contributed by atoms with Crippen LogP contribution in [0.1, 0.15) is 30.0 Å². The summed E-state index contributed by atoms with van der Waals surface area (Å²) in [6.07, 6.45) is 1.84. The molecule has 0 bridgehead atoms. The molecule has 6 heteroatoms. The minimum Gasteiger partial charge on any atom is -0.497 e. The maximum Gasteiger partial charge on any atom is 0.322 e. The monoisotopic (exact) mass is 445 g/mol. The lowest BCUT2D eigenvalue weighted by Gasteiger charge is -2.28. The molecule has 2 amide bonds. The second-order valence-corrected chi connectivity index (χ2v) is 8.25. The minimum atomic E-state index is -0.101. The van der Waals surface area contributed by atoms with Crippen LogP contribution in [0.15, 0.2) is 72.8 Å². The van der Waals surface area contributed by atoms with Crippen LogP contribution in [0, 0.1) is 0 Å². The number of benzene rings is 3. The van der Waals surface area contributed by atoms with Crippen molar-refractivity contribution in [3.63, 3.8) is 0 Å². The molecule has 0 aliphatic carbocycles. The third-order valence-electron chi connectivity index (χ3n) is 6.13. The highest BCUT2D eigenvalue weighted by Crippen LogP contribution is 2.39. The summed E-state index contributed by atoms with van der Waals surface area (Å²) in [5.74, 6) is 1.47. The van der Waals surface area contributed by atoms with Crippen LogP contribution in [0.2, 0.25) is 0 Å². The summed E-state index contributed by atoms with van der Waals surface area (Å²) in [5.41, 5.74) is 3.99. The van der Waals surface area contributed by atoms with Gasteiger partial charge >= 0.3 is 6.03 Å². The lowest BCUT2D eigenvalue weighted by molar-refractivity contribution is 0.206. The summed E-state index contributed by atoms with van der Waals surface area (Å²) >= 11 is 0. The molecule has 0 spiro atoms. The molecule has 6 nitrogen and oxygen atoms in total. The number of methoxy groups -OCH3 is 2. The molecule has 1 aliphatic rings. The van der Waals surface area contributed by atoms with E-state index in [4.69, 9.17) is 9.47 Å². The van der Waals surface area contributed by atoms with E-state index in [-0.39, 0.29) is 12.1 Å². The molecule has 0 radical (unpaired) electrons. The molecule has 4 rings (SSSR count). The van der Waals surface area contributed by atoms with E-state index in [0.29, 0.717) is 6.54 Å². The van der Waals surface area contributed by atoms with Gasteiger partial charge in [0, 0.05) is 31.8 Å². The Morgan fingerprint density at radius 1 is 1.03 bits per heavy atom. The average molecular weight is 446 g/mol. The fourth-order valence-electron chi connectivity index (χ4n) is 4.47. The number of anilines is 2. The van der Waals surface area contributed by atoms with Crippen LogP contribution in [-0.2, 0) is 6.54 Å². The van der Waals surface area contributed by atoms with Gasteiger partial charge in [-0.3, -0.25) is 0 Å². The summed E-state index contributed by atoms with van der Waals surface area (Å²) in [5, 5.41) is 3.16. The van der Waals surface area contributed by atoms with E-state index < -0.39 is 0 Å². The Bertz CT molecular complexity index is 1090. The van der Waals surface area contributed by atoms with Crippen molar-refractivity contribution >= 4 is 17.4 Å². The molecule has 0 saturated carbocycles. The number of nitrogens with one attached hydrogen (secondary N) is 1. The van der Waals surface area contributed by atoms with Crippen LogP contribution < -0.4 is 19.7 Å². The number of para-hydroxylation sites is 2. The van der Waals surface area contributed by atoms with Gasteiger partial charge in [-0.25, -0.2) is 4.79 Å². The van der Waals surface area contributed by atoms with Crippen LogP contribution >= 0.6 is 0 Å². The zero-order valence-corrected chi connectivity index (χ0v) is 19.5. The first-order valence-corrected chi connectivity index (χ1v) is 11.2. The van der Waals surface area contributed by atoms with Gasteiger partial charge in [0.1, 0.15) is 11.5 Å². The Hall–Kier alpha value is -3.67. The molecule has 172 valence electrons. The summed E-state index contributed by atoms with van der Waals surface area (Å²) in [6, 6.07) is 23.9. The van der Waals surface area contributed by atoms with Crippen LogP contribution in [0.5, 0.6) is 11.5 Å². The lowest BCUT2D eigenvalue weighted by atomic mass is 10.0. The summed E-state index contributed by atoms with van der Waals surface area (Å²) in [4.78, 5) is 17.4. The van der Waals surface area contributed by atoms with E-state index in [0.717, 1.165) is 47.8 Å². The van der Waals surface area contributed by atoms with Gasteiger partial charge < -0.3 is 24.6 Å². The normalized spacial score (nSPS) is 15.2. The van der Waals surface area contributed by atoms with E-state index in [1.807, 2.05) is 72.6 Å².